The summed E-state index contributed by atoms with van der Waals surface area (Å²) in [5.41, 5.74) is 2.83. The molecule has 0 unspecified atom stereocenters. The molecule has 0 atom stereocenters. The first kappa shape index (κ1) is 18.0. The van der Waals surface area contributed by atoms with Crippen LogP contribution in [0.5, 0.6) is 0 Å². The molecule has 136 valence electrons. The number of fused-ring (bicyclic) bond motifs is 1. The Morgan fingerprint density at radius 1 is 1.23 bits per heavy atom. The highest BCUT2D eigenvalue weighted by Gasteiger charge is 2.17. The van der Waals surface area contributed by atoms with Crippen molar-refractivity contribution in [2.24, 2.45) is 5.14 Å². The molecule has 0 amide bonds. The summed E-state index contributed by atoms with van der Waals surface area (Å²) in [6.45, 7) is 0.556. The van der Waals surface area contributed by atoms with Gasteiger partial charge in [-0.25, -0.2) is 18.4 Å². The highest BCUT2D eigenvalue weighted by molar-refractivity contribution is 7.89. The fourth-order valence-corrected chi connectivity index (χ4v) is 3.34. The van der Waals surface area contributed by atoms with Crippen molar-refractivity contribution in [3.63, 3.8) is 0 Å². The van der Waals surface area contributed by atoms with Crippen molar-refractivity contribution in [1.82, 2.24) is 4.98 Å². The molecule has 0 aliphatic heterocycles. The number of nitrogens with two attached hydrogens (primary N) is 1. The van der Waals surface area contributed by atoms with Gasteiger partial charge in [0.15, 0.2) is 0 Å². The SMILES string of the molecule is COC(=O)c1cc(S(N)(=O)=O)ccc1NCCc1c[nH]c2ccccc12. The van der Waals surface area contributed by atoms with Crippen molar-refractivity contribution in [2.45, 2.75) is 11.3 Å². The Bertz CT molecular complexity index is 1060. The normalized spacial score (nSPS) is 11.5. The van der Waals surface area contributed by atoms with Crippen LogP contribution in [0.25, 0.3) is 10.9 Å². The molecule has 1 aromatic heterocycles. The van der Waals surface area contributed by atoms with E-state index in [1.807, 2.05) is 30.5 Å². The molecule has 2 aromatic carbocycles. The Hall–Kier alpha value is -2.84. The van der Waals surface area contributed by atoms with Crippen LogP contribution in [0.1, 0.15) is 15.9 Å². The summed E-state index contributed by atoms with van der Waals surface area (Å²) in [6.07, 6.45) is 2.68. The Morgan fingerprint density at radius 3 is 2.73 bits per heavy atom. The maximum atomic E-state index is 12.0. The topological polar surface area (TPSA) is 114 Å². The van der Waals surface area contributed by atoms with Gasteiger partial charge in [-0.3, -0.25) is 0 Å². The van der Waals surface area contributed by atoms with E-state index < -0.39 is 16.0 Å². The molecule has 3 rings (SSSR count). The standard InChI is InChI=1S/C18H19N3O4S/c1-25-18(22)15-10-13(26(19,23)24)6-7-17(15)20-9-8-12-11-21-16-5-3-2-4-14(12)16/h2-7,10-11,20-21H,8-9H2,1H3,(H2,19,23,24). The van der Waals surface area contributed by atoms with Gasteiger partial charge in [-0.2, -0.15) is 0 Å². The molecule has 0 bridgehead atoms. The molecule has 0 fully saturated rings. The van der Waals surface area contributed by atoms with Crippen LogP contribution in [0.3, 0.4) is 0 Å². The first-order chi connectivity index (χ1) is 12.4. The quantitative estimate of drug-likeness (QED) is 0.574. The second-order valence-corrected chi connectivity index (χ2v) is 7.34. The second-order valence-electron chi connectivity index (χ2n) is 5.78. The zero-order chi connectivity index (χ0) is 18.7. The maximum Gasteiger partial charge on any atom is 0.340 e. The lowest BCUT2D eigenvalue weighted by molar-refractivity contribution is 0.0601. The fourth-order valence-electron chi connectivity index (χ4n) is 2.80. The lowest BCUT2D eigenvalue weighted by Crippen LogP contribution is -2.15. The van der Waals surface area contributed by atoms with Gasteiger partial charge in [0.25, 0.3) is 0 Å². The van der Waals surface area contributed by atoms with E-state index >= 15 is 0 Å². The minimum atomic E-state index is -3.90. The van der Waals surface area contributed by atoms with Gasteiger partial charge in [-0.1, -0.05) is 18.2 Å². The molecule has 0 aliphatic rings. The number of primary sulfonamides is 1. The van der Waals surface area contributed by atoms with Gasteiger partial charge in [0.1, 0.15) is 0 Å². The third-order valence-corrected chi connectivity index (χ3v) is 5.02. The molecule has 0 radical (unpaired) electrons. The maximum absolute atomic E-state index is 12.0. The van der Waals surface area contributed by atoms with Crippen molar-refractivity contribution in [2.75, 3.05) is 19.0 Å². The summed E-state index contributed by atoms with van der Waals surface area (Å²) in [4.78, 5) is 15.1. The number of ether oxygens (including phenoxy) is 1. The Labute approximate surface area is 151 Å². The number of sulfonamides is 1. The van der Waals surface area contributed by atoms with Crippen molar-refractivity contribution in [1.29, 1.82) is 0 Å². The first-order valence-electron chi connectivity index (χ1n) is 7.94. The van der Waals surface area contributed by atoms with E-state index in [0.717, 1.165) is 22.9 Å². The van der Waals surface area contributed by atoms with Crippen LogP contribution in [0.4, 0.5) is 5.69 Å². The van der Waals surface area contributed by atoms with Crippen LogP contribution >= 0.6 is 0 Å². The molecule has 1 heterocycles. The number of carbonyl (C=O) groups is 1. The third kappa shape index (κ3) is 3.71. The van der Waals surface area contributed by atoms with Crippen LogP contribution in [0.2, 0.25) is 0 Å². The molecule has 8 heteroatoms. The molecule has 0 spiro atoms. The van der Waals surface area contributed by atoms with Crippen molar-refractivity contribution in [3.05, 3.63) is 59.8 Å². The molecule has 0 saturated carbocycles. The fraction of sp³-hybridized carbons (Fsp3) is 0.167. The number of methoxy groups -OCH3 is 1. The number of aromatic nitrogens is 1. The van der Waals surface area contributed by atoms with E-state index in [1.165, 1.54) is 25.3 Å². The van der Waals surface area contributed by atoms with Crippen molar-refractivity contribution < 1.29 is 17.9 Å². The molecular weight excluding hydrogens is 354 g/mol. The zero-order valence-electron chi connectivity index (χ0n) is 14.2. The number of benzene rings is 2. The monoisotopic (exact) mass is 373 g/mol. The average molecular weight is 373 g/mol. The van der Waals surface area contributed by atoms with Crippen LogP contribution in [0, 0.1) is 0 Å². The smallest absolute Gasteiger partial charge is 0.340 e. The van der Waals surface area contributed by atoms with Gasteiger partial charge in [-0.05, 0) is 36.2 Å². The molecular formula is C18H19N3O4S. The summed E-state index contributed by atoms with van der Waals surface area (Å²) >= 11 is 0. The molecule has 0 saturated heterocycles. The van der Waals surface area contributed by atoms with E-state index in [-0.39, 0.29) is 10.5 Å². The average Bonchev–Trinajstić information content (AvgIpc) is 3.03. The zero-order valence-corrected chi connectivity index (χ0v) is 15.0. The number of esters is 1. The minimum absolute atomic E-state index is 0.123. The number of H-pyrrole nitrogens is 1. The number of hydrogen-bond donors (Lipinski definition) is 3. The number of nitrogens with one attached hydrogen (secondary N) is 2. The third-order valence-electron chi connectivity index (χ3n) is 4.11. The van der Waals surface area contributed by atoms with Gasteiger partial charge in [0.2, 0.25) is 10.0 Å². The number of rotatable bonds is 6. The van der Waals surface area contributed by atoms with E-state index in [0.29, 0.717) is 12.2 Å². The predicted molar refractivity (Wildman–Crippen MR) is 99.6 cm³/mol. The predicted octanol–water partition coefficient (Wildman–Crippen LogP) is 2.26. The van der Waals surface area contributed by atoms with Crippen molar-refractivity contribution >= 4 is 32.6 Å². The van der Waals surface area contributed by atoms with E-state index in [1.54, 1.807) is 0 Å². The lowest BCUT2D eigenvalue weighted by atomic mass is 10.1. The minimum Gasteiger partial charge on any atom is -0.465 e. The largest absolute Gasteiger partial charge is 0.465 e. The van der Waals surface area contributed by atoms with E-state index in [2.05, 4.69) is 10.3 Å². The number of anilines is 1. The second kappa shape index (κ2) is 7.19. The number of carbonyl (C=O) groups excluding carboxylic acids is 1. The van der Waals surface area contributed by atoms with Gasteiger partial charge < -0.3 is 15.0 Å². The van der Waals surface area contributed by atoms with Crippen LogP contribution in [0.15, 0.2) is 53.6 Å². The highest BCUT2D eigenvalue weighted by Crippen LogP contribution is 2.22. The van der Waals surface area contributed by atoms with E-state index in [4.69, 9.17) is 9.88 Å². The molecule has 4 N–H and O–H groups in total. The van der Waals surface area contributed by atoms with Gasteiger partial charge >= 0.3 is 5.97 Å². The highest BCUT2D eigenvalue weighted by atomic mass is 32.2. The van der Waals surface area contributed by atoms with Crippen LogP contribution in [-0.2, 0) is 21.2 Å². The summed E-state index contributed by atoms with van der Waals surface area (Å²) in [5, 5.41) is 9.44. The summed E-state index contributed by atoms with van der Waals surface area (Å²) in [5.74, 6) is -0.634. The Balaban J connectivity index is 1.79. The molecule has 26 heavy (non-hydrogen) atoms. The first-order valence-corrected chi connectivity index (χ1v) is 9.49. The number of para-hydroxylation sites is 1. The number of aromatic amines is 1. The van der Waals surface area contributed by atoms with Crippen molar-refractivity contribution in [3.8, 4) is 0 Å². The van der Waals surface area contributed by atoms with Crippen LogP contribution in [-0.4, -0.2) is 33.0 Å². The summed E-state index contributed by atoms with van der Waals surface area (Å²) in [6, 6.07) is 12.1. The molecule has 7 nitrogen and oxygen atoms in total. The van der Waals surface area contributed by atoms with E-state index in [9.17, 15) is 13.2 Å². The Kier molecular flexibility index (Phi) is 4.97. The molecule has 0 aliphatic carbocycles. The number of hydrogen-bond acceptors (Lipinski definition) is 5. The van der Waals surface area contributed by atoms with Gasteiger partial charge in [0, 0.05) is 29.3 Å². The summed E-state index contributed by atoms with van der Waals surface area (Å²) in [7, 11) is -2.67. The summed E-state index contributed by atoms with van der Waals surface area (Å²) < 4.78 is 27.7. The lowest BCUT2D eigenvalue weighted by Gasteiger charge is -2.12. The molecule has 3 aromatic rings. The Morgan fingerprint density at radius 2 is 2.00 bits per heavy atom. The van der Waals surface area contributed by atoms with Gasteiger partial charge in [-0.15, -0.1) is 0 Å². The van der Waals surface area contributed by atoms with Gasteiger partial charge in [0.05, 0.1) is 17.6 Å². The van der Waals surface area contributed by atoms with Crippen LogP contribution < -0.4 is 10.5 Å².